The molecule has 0 saturated heterocycles. The lowest BCUT2D eigenvalue weighted by Gasteiger charge is -2.08. The van der Waals surface area contributed by atoms with E-state index in [-0.39, 0.29) is 11.7 Å². The van der Waals surface area contributed by atoms with Gasteiger partial charge < -0.3 is 14.6 Å². The van der Waals surface area contributed by atoms with E-state index in [2.05, 4.69) is 28.2 Å². The summed E-state index contributed by atoms with van der Waals surface area (Å²) in [4.78, 5) is 13.6. The molecule has 1 amide bonds. The molecule has 4 nitrogen and oxygen atoms in total. The molecule has 0 unspecified atom stereocenters. The van der Waals surface area contributed by atoms with Crippen LogP contribution in [0.25, 0.3) is 10.9 Å². The predicted octanol–water partition coefficient (Wildman–Crippen LogP) is 5.51. The van der Waals surface area contributed by atoms with Crippen molar-refractivity contribution in [1.29, 1.82) is 0 Å². The molecule has 0 atom stereocenters. The summed E-state index contributed by atoms with van der Waals surface area (Å²) in [6.45, 7) is 1.19. The van der Waals surface area contributed by atoms with E-state index in [1.165, 1.54) is 22.4 Å². The molecule has 0 bridgehead atoms. The lowest BCUT2D eigenvalue weighted by molar-refractivity contribution is 0.0952. The van der Waals surface area contributed by atoms with E-state index in [1.54, 1.807) is 43.1 Å². The van der Waals surface area contributed by atoms with Crippen LogP contribution in [0.5, 0.6) is 5.75 Å². The molecule has 1 aromatic heterocycles. The molecular weight excluding hydrogens is 411 g/mol. The Kier molecular flexibility index (Phi) is 6.57. The Hall–Kier alpha value is -3.25. The number of para-hydroxylation sites is 1. The normalized spacial score (nSPS) is 10.9. The van der Waals surface area contributed by atoms with E-state index in [9.17, 15) is 9.18 Å². The second-order valence-corrected chi connectivity index (χ2v) is 8.12. The number of nitrogens with zero attached hydrogens (tertiary/aromatic N) is 1. The van der Waals surface area contributed by atoms with Gasteiger partial charge in [0.25, 0.3) is 5.91 Å². The lowest BCUT2D eigenvalue weighted by Crippen LogP contribution is -2.27. The maximum absolute atomic E-state index is 13.1. The van der Waals surface area contributed by atoms with Gasteiger partial charge in [-0.1, -0.05) is 30.3 Å². The Bertz CT molecular complexity index is 1170. The summed E-state index contributed by atoms with van der Waals surface area (Å²) in [5.74, 6) is 1.16. The van der Waals surface area contributed by atoms with E-state index in [0.29, 0.717) is 18.7 Å². The Morgan fingerprint density at radius 1 is 1.03 bits per heavy atom. The second-order valence-electron chi connectivity index (χ2n) is 7.10. The van der Waals surface area contributed by atoms with Gasteiger partial charge in [0.2, 0.25) is 0 Å². The second kappa shape index (κ2) is 9.71. The zero-order valence-electron chi connectivity index (χ0n) is 17.2. The average Bonchev–Trinajstić information content (AvgIpc) is 3.16. The first-order valence-electron chi connectivity index (χ1n) is 10.0. The van der Waals surface area contributed by atoms with Crippen LogP contribution in [0.3, 0.4) is 0 Å². The van der Waals surface area contributed by atoms with Crippen LogP contribution >= 0.6 is 11.8 Å². The number of hydrogen-bond donors (Lipinski definition) is 1. The van der Waals surface area contributed by atoms with Gasteiger partial charge in [-0.25, -0.2) is 4.39 Å². The number of rotatable bonds is 8. The molecule has 0 saturated carbocycles. The monoisotopic (exact) mass is 434 g/mol. The van der Waals surface area contributed by atoms with Crippen molar-refractivity contribution < 1.29 is 13.9 Å². The van der Waals surface area contributed by atoms with E-state index in [1.807, 2.05) is 24.3 Å². The Morgan fingerprint density at radius 3 is 2.52 bits per heavy atom. The molecule has 0 fully saturated rings. The first-order chi connectivity index (χ1) is 15.1. The zero-order valence-corrected chi connectivity index (χ0v) is 18.0. The van der Waals surface area contributed by atoms with Crippen LogP contribution < -0.4 is 10.1 Å². The first-order valence-corrected chi connectivity index (χ1v) is 11.0. The number of carbonyl (C=O) groups is 1. The van der Waals surface area contributed by atoms with Gasteiger partial charge >= 0.3 is 0 Å². The Morgan fingerprint density at radius 2 is 1.77 bits per heavy atom. The third-order valence-electron chi connectivity index (χ3n) is 5.05. The van der Waals surface area contributed by atoms with Crippen LogP contribution in [0.2, 0.25) is 0 Å². The highest BCUT2D eigenvalue weighted by molar-refractivity contribution is 7.98. The van der Waals surface area contributed by atoms with Crippen molar-refractivity contribution >= 4 is 28.6 Å². The van der Waals surface area contributed by atoms with E-state index < -0.39 is 0 Å². The molecule has 1 heterocycles. The third-order valence-corrected chi connectivity index (χ3v) is 6.16. The van der Waals surface area contributed by atoms with Crippen molar-refractivity contribution in [1.82, 2.24) is 9.88 Å². The summed E-state index contributed by atoms with van der Waals surface area (Å²) in [5, 5.41) is 4.16. The van der Waals surface area contributed by atoms with Gasteiger partial charge in [-0.2, -0.15) is 0 Å². The van der Waals surface area contributed by atoms with Crippen molar-refractivity contribution in [3.8, 4) is 5.75 Å². The Labute approximate surface area is 185 Å². The Balaban J connectivity index is 1.41. The predicted molar refractivity (Wildman–Crippen MR) is 123 cm³/mol. The number of methoxy groups -OCH3 is 1. The highest BCUT2D eigenvalue weighted by Gasteiger charge is 2.10. The number of ether oxygens (including phenoxy) is 1. The molecule has 3 aromatic carbocycles. The summed E-state index contributed by atoms with van der Waals surface area (Å²) in [5.41, 5.74) is 2.81. The molecule has 4 rings (SSSR count). The smallest absolute Gasteiger partial charge is 0.251 e. The fourth-order valence-corrected chi connectivity index (χ4v) is 4.43. The van der Waals surface area contributed by atoms with Crippen molar-refractivity contribution in [2.45, 2.75) is 17.2 Å². The minimum Gasteiger partial charge on any atom is -0.497 e. The molecule has 31 heavy (non-hydrogen) atoms. The number of fused-ring (bicyclic) bond motifs is 1. The summed E-state index contributed by atoms with van der Waals surface area (Å²) in [6.07, 6.45) is 2.12. The van der Waals surface area contributed by atoms with E-state index >= 15 is 0 Å². The third kappa shape index (κ3) is 5.09. The van der Waals surface area contributed by atoms with Gasteiger partial charge in [0.1, 0.15) is 11.6 Å². The van der Waals surface area contributed by atoms with Crippen LogP contribution in [-0.2, 0) is 12.3 Å². The maximum atomic E-state index is 13.1. The maximum Gasteiger partial charge on any atom is 0.251 e. The van der Waals surface area contributed by atoms with Crippen LogP contribution in [0.4, 0.5) is 4.39 Å². The number of benzene rings is 3. The number of thioether (sulfide) groups is 1. The molecule has 0 aliphatic carbocycles. The lowest BCUT2D eigenvalue weighted by atomic mass is 10.2. The number of aromatic nitrogens is 1. The average molecular weight is 435 g/mol. The molecular formula is C25H23FN2O2S. The first kappa shape index (κ1) is 21.0. The molecule has 6 heteroatoms. The SMILES string of the molecule is COc1ccc(C(=O)NCCn2cc(SCc3ccc(F)cc3)c3ccccc32)cc1. The van der Waals surface area contributed by atoms with Gasteiger partial charge in [-0.15, -0.1) is 11.8 Å². The van der Waals surface area contributed by atoms with Gasteiger partial charge in [0.05, 0.1) is 7.11 Å². The zero-order chi connectivity index (χ0) is 21.6. The molecule has 0 aliphatic rings. The fraction of sp³-hybridized carbons (Fsp3) is 0.160. The minimum absolute atomic E-state index is 0.106. The molecule has 158 valence electrons. The number of halogens is 1. The van der Waals surface area contributed by atoms with Crippen LogP contribution in [0.1, 0.15) is 15.9 Å². The summed E-state index contributed by atoms with van der Waals surface area (Å²) >= 11 is 1.73. The van der Waals surface area contributed by atoms with Gasteiger partial charge in [-0.3, -0.25) is 4.79 Å². The summed E-state index contributed by atoms with van der Waals surface area (Å²) < 4.78 is 20.4. The molecule has 0 spiro atoms. The highest BCUT2D eigenvalue weighted by Crippen LogP contribution is 2.32. The van der Waals surface area contributed by atoms with Gasteiger partial charge in [-0.05, 0) is 48.0 Å². The number of amides is 1. The van der Waals surface area contributed by atoms with Crippen LogP contribution in [0.15, 0.2) is 83.9 Å². The standard InChI is InChI=1S/C25H23FN2O2S/c1-30-21-12-8-19(9-13-21)25(29)27-14-15-28-16-24(22-4-2-3-5-23(22)28)31-17-18-6-10-20(26)11-7-18/h2-13,16H,14-15,17H2,1H3,(H,27,29). The summed E-state index contributed by atoms with van der Waals surface area (Å²) in [7, 11) is 1.60. The fourth-order valence-electron chi connectivity index (χ4n) is 3.39. The number of hydrogen-bond acceptors (Lipinski definition) is 3. The molecule has 4 aromatic rings. The quantitative estimate of drug-likeness (QED) is 0.372. The van der Waals surface area contributed by atoms with Crippen molar-refractivity contribution in [3.05, 3.63) is 95.9 Å². The largest absolute Gasteiger partial charge is 0.497 e. The van der Waals surface area contributed by atoms with Crippen LogP contribution in [-0.4, -0.2) is 24.1 Å². The van der Waals surface area contributed by atoms with Crippen LogP contribution in [0, 0.1) is 5.82 Å². The van der Waals surface area contributed by atoms with Crippen molar-refractivity contribution in [2.24, 2.45) is 0 Å². The van der Waals surface area contributed by atoms with Gasteiger partial charge in [0.15, 0.2) is 0 Å². The topological polar surface area (TPSA) is 43.3 Å². The number of carbonyl (C=O) groups excluding carboxylic acids is 1. The van der Waals surface area contributed by atoms with E-state index in [4.69, 9.17) is 4.74 Å². The minimum atomic E-state index is -0.220. The number of nitrogens with one attached hydrogen (secondary N) is 1. The molecule has 1 N–H and O–H groups in total. The highest BCUT2D eigenvalue weighted by atomic mass is 32.2. The van der Waals surface area contributed by atoms with Gasteiger partial charge in [0, 0.05) is 46.4 Å². The van der Waals surface area contributed by atoms with E-state index in [0.717, 1.165) is 22.6 Å². The summed E-state index contributed by atoms with van der Waals surface area (Å²) in [6, 6.07) is 21.9. The van der Waals surface area contributed by atoms with Crippen molar-refractivity contribution in [2.75, 3.05) is 13.7 Å². The molecule has 0 radical (unpaired) electrons. The van der Waals surface area contributed by atoms with Crippen molar-refractivity contribution in [3.63, 3.8) is 0 Å². The molecule has 0 aliphatic heterocycles.